The summed E-state index contributed by atoms with van der Waals surface area (Å²) in [6, 6.07) is 11.2. The van der Waals surface area contributed by atoms with Gasteiger partial charge in [0.2, 0.25) is 0 Å². The molecule has 0 spiro atoms. The zero-order chi connectivity index (χ0) is 19.9. The van der Waals surface area contributed by atoms with Crippen molar-refractivity contribution in [3.05, 3.63) is 54.4 Å². The van der Waals surface area contributed by atoms with Crippen molar-refractivity contribution in [3.8, 4) is 11.5 Å². The van der Waals surface area contributed by atoms with Crippen LogP contribution in [0, 0.1) is 0 Å². The first-order chi connectivity index (χ1) is 13.6. The Labute approximate surface area is 163 Å². The van der Waals surface area contributed by atoms with Gasteiger partial charge in [-0.05, 0) is 36.8 Å². The van der Waals surface area contributed by atoms with Gasteiger partial charge in [0.05, 0.1) is 26.3 Å². The van der Waals surface area contributed by atoms with Gasteiger partial charge in [0, 0.05) is 23.2 Å². The third-order valence-electron chi connectivity index (χ3n) is 4.01. The van der Waals surface area contributed by atoms with Gasteiger partial charge >= 0.3 is 5.97 Å². The van der Waals surface area contributed by atoms with E-state index in [2.05, 4.69) is 15.3 Å². The average molecular weight is 379 g/mol. The fourth-order valence-corrected chi connectivity index (χ4v) is 2.65. The van der Waals surface area contributed by atoms with Crippen LogP contribution in [0.15, 0.2) is 48.8 Å². The van der Waals surface area contributed by atoms with Crippen LogP contribution in [0.2, 0.25) is 0 Å². The summed E-state index contributed by atoms with van der Waals surface area (Å²) in [7, 11) is 3.17. The number of nitrogens with zero attached hydrogens (tertiary/aromatic N) is 2. The molecule has 1 N–H and O–H groups in total. The second-order valence-corrected chi connectivity index (χ2v) is 5.78. The van der Waals surface area contributed by atoms with E-state index in [9.17, 15) is 4.79 Å². The highest BCUT2D eigenvalue weighted by atomic mass is 16.5. The SMILES string of the molecule is CCOC(=O)/C=C/c1ccc(Nc2ncnc3cc(OC)c(OC)cc23)cc1. The molecule has 144 valence electrons. The van der Waals surface area contributed by atoms with Crippen LogP contribution in [-0.2, 0) is 9.53 Å². The number of nitrogens with one attached hydrogen (secondary N) is 1. The fraction of sp³-hybridized carbons (Fsp3) is 0.190. The predicted molar refractivity (Wildman–Crippen MR) is 108 cm³/mol. The van der Waals surface area contributed by atoms with Crippen molar-refractivity contribution in [2.24, 2.45) is 0 Å². The minimum atomic E-state index is -0.360. The van der Waals surface area contributed by atoms with E-state index in [1.54, 1.807) is 27.2 Å². The maximum Gasteiger partial charge on any atom is 0.330 e. The van der Waals surface area contributed by atoms with E-state index >= 15 is 0 Å². The molecule has 7 heteroatoms. The lowest BCUT2D eigenvalue weighted by Crippen LogP contribution is -1.99. The molecule has 1 heterocycles. The molecule has 0 saturated heterocycles. The Morgan fingerprint density at radius 1 is 1.07 bits per heavy atom. The van der Waals surface area contributed by atoms with Gasteiger partial charge in [0.15, 0.2) is 11.5 Å². The summed E-state index contributed by atoms with van der Waals surface area (Å²) in [5, 5.41) is 4.10. The predicted octanol–water partition coefficient (Wildman–Crippen LogP) is 3.97. The van der Waals surface area contributed by atoms with Crippen molar-refractivity contribution >= 4 is 34.5 Å². The highest BCUT2D eigenvalue weighted by molar-refractivity contribution is 5.93. The number of esters is 1. The van der Waals surface area contributed by atoms with E-state index in [-0.39, 0.29) is 5.97 Å². The Balaban J connectivity index is 1.83. The molecular formula is C21H21N3O4. The smallest absolute Gasteiger partial charge is 0.330 e. The Morgan fingerprint density at radius 3 is 2.46 bits per heavy atom. The molecular weight excluding hydrogens is 358 g/mol. The highest BCUT2D eigenvalue weighted by Crippen LogP contribution is 2.34. The van der Waals surface area contributed by atoms with Gasteiger partial charge in [0.1, 0.15) is 12.1 Å². The number of fused-ring (bicyclic) bond motifs is 1. The standard InChI is InChI=1S/C21H21N3O4/c1-4-28-20(25)10-7-14-5-8-15(9-6-14)24-21-16-11-18(26-2)19(27-3)12-17(16)22-13-23-21/h5-13H,4H2,1-3H3,(H,22,23,24)/b10-7+. The van der Waals surface area contributed by atoms with E-state index < -0.39 is 0 Å². The summed E-state index contributed by atoms with van der Waals surface area (Å²) in [6.45, 7) is 2.13. The molecule has 0 bridgehead atoms. The second-order valence-electron chi connectivity index (χ2n) is 5.78. The first-order valence-electron chi connectivity index (χ1n) is 8.73. The molecule has 7 nitrogen and oxygen atoms in total. The maximum absolute atomic E-state index is 11.4. The van der Waals surface area contributed by atoms with Crippen molar-refractivity contribution in [1.29, 1.82) is 0 Å². The molecule has 0 fully saturated rings. The number of ether oxygens (including phenoxy) is 3. The molecule has 3 aromatic rings. The molecule has 0 atom stereocenters. The molecule has 0 radical (unpaired) electrons. The van der Waals surface area contributed by atoms with Crippen LogP contribution in [-0.4, -0.2) is 36.8 Å². The molecule has 3 rings (SSSR count). The number of anilines is 2. The van der Waals surface area contributed by atoms with E-state index in [0.29, 0.717) is 23.9 Å². The molecule has 1 aromatic heterocycles. The molecule has 0 aliphatic rings. The summed E-state index contributed by atoms with van der Waals surface area (Å²) in [5.74, 6) is 1.51. The summed E-state index contributed by atoms with van der Waals surface area (Å²) in [6.07, 6.45) is 4.61. The van der Waals surface area contributed by atoms with E-state index in [0.717, 1.165) is 22.2 Å². The minimum absolute atomic E-state index is 0.357. The lowest BCUT2D eigenvalue weighted by molar-refractivity contribution is -0.137. The lowest BCUT2D eigenvalue weighted by Gasteiger charge is -2.12. The summed E-state index contributed by atoms with van der Waals surface area (Å²) >= 11 is 0. The van der Waals surface area contributed by atoms with E-state index in [1.807, 2.05) is 36.4 Å². The van der Waals surface area contributed by atoms with Crippen LogP contribution in [0.5, 0.6) is 11.5 Å². The molecule has 0 aliphatic carbocycles. The number of hydrogen-bond donors (Lipinski definition) is 1. The Bertz CT molecular complexity index is 1000. The number of aromatic nitrogens is 2. The minimum Gasteiger partial charge on any atom is -0.493 e. The quantitative estimate of drug-likeness (QED) is 0.491. The van der Waals surface area contributed by atoms with Crippen LogP contribution >= 0.6 is 0 Å². The van der Waals surface area contributed by atoms with Crippen LogP contribution in [0.3, 0.4) is 0 Å². The molecule has 0 aliphatic heterocycles. The molecule has 28 heavy (non-hydrogen) atoms. The van der Waals surface area contributed by atoms with Crippen molar-refractivity contribution in [1.82, 2.24) is 9.97 Å². The lowest BCUT2D eigenvalue weighted by atomic mass is 10.1. The fourth-order valence-electron chi connectivity index (χ4n) is 2.65. The zero-order valence-electron chi connectivity index (χ0n) is 15.9. The van der Waals surface area contributed by atoms with Gasteiger partial charge in [-0.2, -0.15) is 0 Å². The van der Waals surface area contributed by atoms with Crippen molar-refractivity contribution in [2.45, 2.75) is 6.92 Å². The Morgan fingerprint density at radius 2 is 1.79 bits per heavy atom. The molecule has 2 aromatic carbocycles. The van der Waals surface area contributed by atoms with Crippen molar-refractivity contribution in [2.75, 3.05) is 26.1 Å². The van der Waals surface area contributed by atoms with Gasteiger partial charge in [0.25, 0.3) is 0 Å². The Kier molecular flexibility index (Phi) is 6.06. The number of benzene rings is 2. The number of methoxy groups -OCH3 is 2. The van der Waals surface area contributed by atoms with E-state index in [4.69, 9.17) is 14.2 Å². The van der Waals surface area contributed by atoms with Gasteiger partial charge in [-0.1, -0.05) is 12.1 Å². The van der Waals surface area contributed by atoms with Crippen LogP contribution in [0.25, 0.3) is 17.0 Å². The number of hydrogen-bond acceptors (Lipinski definition) is 7. The van der Waals surface area contributed by atoms with Gasteiger partial charge in [-0.15, -0.1) is 0 Å². The molecule has 0 unspecified atom stereocenters. The normalized spacial score (nSPS) is 10.8. The third-order valence-corrected chi connectivity index (χ3v) is 4.01. The number of carbonyl (C=O) groups excluding carboxylic acids is 1. The van der Waals surface area contributed by atoms with Crippen LogP contribution in [0.1, 0.15) is 12.5 Å². The largest absolute Gasteiger partial charge is 0.493 e. The second kappa shape index (κ2) is 8.85. The summed E-state index contributed by atoms with van der Waals surface area (Å²) < 4.78 is 15.6. The molecule has 0 saturated carbocycles. The van der Waals surface area contributed by atoms with E-state index in [1.165, 1.54) is 12.4 Å². The zero-order valence-corrected chi connectivity index (χ0v) is 15.9. The van der Waals surface area contributed by atoms with Gasteiger partial charge in [-0.25, -0.2) is 14.8 Å². The van der Waals surface area contributed by atoms with Crippen LogP contribution < -0.4 is 14.8 Å². The van der Waals surface area contributed by atoms with Crippen molar-refractivity contribution in [3.63, 3.8) is 0 Å². The van der Waals surface area contributed by atoms with Crippen molar-refractivity contribution < 1.29 is 19.0 Å². The summed E-state index contributed by atoms with van der Waals surface area (Å²) in [4.78, 5) is 20.0. The monoisotopic (exact) mass is 379 g/mol. The first kappa shape index (κ1) is 19.2. The Hall–Kier alpha value is -3.61. The highest BCUT2D eigenvalue weighted by Gasteiger charge is 2.11. The van der Waals surface area contributed by atoms with Crippen LogP contribution in [0.4, 0.5) is 11.5 Å². The third kappa shape index (κ3) is 4.37. The molecule has 0 amide bonds. The first-order valence-corrected chi connectivity index (χ1v) is 8.73. The van der Waals surface area contributed by atoms with Gasteiger partial charge in [-0.3, -0.25) is 0 Å². The topological polar surface area (TPSA) is 82.6 Å². The number of rotatable bonds is 7. The van der Waals surface area contributed by atoms with Gasteiger partial charge < -0.3 is 19.5 Å². The average Bonchev–Trinajstić information content (AvgIpc) is 2.72. The summed E-state index contributed by atoms with van der Waals surface area (Å²) in [5.41, 5.74) is 2.48. The number of carbonyl (C=O) groups is 1. The maximum atomic E-state index is 11.4.